The average molecular weight is 299 g/mol. The second kappa shape index (κ2) is 9.02. The number of aromatic nitrogens is 2. The Kier molecular flexibility index (Phi) is 7.69. The molecule has 0 fully saturated rings. The highest BCUT2D eigenvalue weighted by Gasteiger charge is 2.17. The predicted octanol–water partition coefficient (Wildman–Crippen LogP) is 2.22. The number of carbonyl (C=O) groups excluding carboxylic acids is 1. The van der Waals surface area contributed by atoms with E-state index in [-0.39, 0.29) is 5.97 Å². The Morgan fingerprint density at radius 1 is 1.55 bits per heavy atom. The van der Waals surface area contributed by atoms with E-state index in [9.17, 15) is 4.79 Å². The van der Waals surface area contributed by atoms with Gasteiger partial charge in [-0.3, -0.25) is 4.68 Å². The van der Waals surface area contributed by atoms with E-state index in [4.69, 9.17) is 4.74 Å². The number of ether oxygens (including phenoxy) is 1. The summed E-state index contributed by atoms with van der Waals surface area (Å²) in [7, 11) is 1.84. The Morgan fingerprint density at radius 2 is 2.30 bits per heavy atom. The summed E-state index contributed by atoms with van der Waals surface area (Å²) in [5.41, 5.74) is 1.43. The Bertz CT molecular complexity index is 421. The monoisotopic (exact) mass is 299 g/mol. The van der Waals surface area contributed by atoms with Gasteiger partial charge in [0.05, 0.1) is 18.5 Å². The number of thioether (sulfide) groups is 1. The number of carbonyl (C=O) groups is 1. The van der Waals surface area contributed by atoms with Crippen LogP contribution in [-0.2, 0) is 18.3 Å². The third-order valence-electron chi connectivity index (χ3n) is 3.07. The van der Waals surface area contributed by atoms with E-state index in [1.54, 1.807) is 17.8 Å². The molecule has 0 radical (unpaired) electrons. The zero-order chi connectivity index (χ0) is 15.0. The lowest BCUT2D eigenvalue weighted by Crippen LogP contribution is -2.28. The topological polar surface area (TPSA) is 56.1 Å². The number of nitrogens with zero attached hydrogens (tertiary/aromatic N) is 2. The van der Waals surface area contributed by atoms with E-state index in [2.05, 4.69) is 24.3 Å². The van der Waals surface area contributed by atoms with Crippen molar-refractivity contribution >= 4 is 17.7 Å². The lowest BCUT2D eigenvalue weighted by Gasteiger charge is -2.14. The van der Waals surface area contributed by atoms with Crippen LogP contribution < -0.4 is 5.32 Å². The molecule has 0 bridgehead atoms. The molecule has 20 heavy (non-hydrogen) atoms. The first-order valence-corrected chi connectivity index (χ1v) is 8.24. The van der Waals surface area contributed by atoms with Crippen molar-refractivity contribution in [2.75, 3.05) is 18.1 Å². The minimum atomic E-state index is -0.299. The zero-order valence-corrected chi connectivity index (χ0v) is 13.6. The fraction of sp³-hybridized carbons (Fsp3) is 0.714. The number of nitrogens with one attached hydrogen (secondary N) is 1. The molecule has 0 saturated heterocycles. The van der Waals surface area contributed by atoms with E-state index < -0.39 is 0 Å². The average Bonchev–Trinajstić information content (AvgIpc) is 2.78. The third-order valence-corrected chi connectivity index (χ3v) is 4.01. The van der Waals surface area contributed by atoms with E-state index in [0.717, 1.165) is 23.6 Å². The molecule has 1 rings (SSSR count). The Hall–Kier alpha value is -1.01. The highest BCUT2D eigenvalue weighted by Crippen LogP contribution is 2.10. The maximum atomic E-state index is 11.8. The summed E-state index contributed by atoms with van der Waals surface area (Å²) in [5.74, 6) is 2.01. The SMILES string of the molecule is CCOC(=O)c1cnn(C)c1CNC(C)CCSCC. The van der Waals surface area contributed by atoms with Crippen molar-refractivity contribution in [1.29, 1.82) is 0 Å². The van der Waals surface area contributed by atoms with Crippen LogP contribution in [-0.4, -0.2) is 39.9 Å². The standard InChI is InChI=1S/C14H25N3O2S/c1-5-19-14(18)12-9-16-17(4)13(12)10-15-11(3)7-8-20-6-2/h9,11,15H,5-8,10H2,1-4H3. The third kappa shape index (κ3) is 5.17. The summed E-state index contributed by atoms with van der Waals surface area (Å²) in [5, 5.41) is 7.59. The van der Waals surface area contributed by atoms with Gasteiger partial charge in [0.2, 0.25) is 0 Å². The van der Waals surface area contributed by atoms with Crippen LogP contribution in [0.5, 0.6) is 0 Å². The van der Waals surface area contributed by atoms with Gasteiger partial charge in [-0.2, -0.15) is 16.9 Å². The number of esters is 1. The molecule has 1 unspecified atom stereocenters. The van der Waals surface area contributed by atoms with Crippen LogP contribution in [0.4, 0.5) is 0 Å². The summed E-state index contributed by atoms with van der Waals surface area (Å²) in [6, 6.07) is 0.416. The van der Waals surface area contributed by atoms with Crippen molar-refractivity contribution < 1.29 is 9.53 Å². The Morgan fingerprint density at radius 3 is 2.95 bits per heavy atom. The molecule has 0 saturated carbocycles. The maximum Gasteiger partial charge on any atom is 0.341 e. The zero-order valence-electron chi connectivity index (χ0n) is 12.8. The van der Waals surface area contributed by atoms with E-state index in [1.807, 2.05) is 18.8 Å². The van der Waals surface area contributed by atoms with E-state index in [0.29, 0.717) is 24.8 Å². The minimum Gasteiger partial charge on any atom is -0.462 e. The predicted molar refractivity (Wildman–Crippen MR) is 83.1 cm³/mol. The van der Waals surface area contributed by atoms with Gasteiger partial charge >= 0.3 is 5.97 Å². The molecule has 1 N–H and O–H groups in total. The van der Waals surface area contributed by atoms with Crippen LogP contribution >= 0.6 is 11.8 Å². The minimum absolute atomic E-state index is 0.299. The Labute approximate surface area is 125 Å². The lowest BCUT2D eigenvalue weighted by molar-refractivity contribution is 0.0524. The number of aryl methyl sites for hydroxylation is 1. The van der Waals surface area contributed by atoms with E-state index in [1.165, 1.54) is 0 Å². The highest BCUT2D eigenvalue weighted by atomic mass is 32.2. The quantitative estimate of drug-likeness (QED) is 0.560. The summed E-state index contributed by atoms with van der Waals surface area (Å²) in [6.45, 7) is 7.15. The molecule has 1 aromatic rings. The van der Waals surface area contributed by atoms with Crippen molar-refractivity contribution in [3.8, 4) is 0 Å². The smallest absolute Gasteiger partial charge is 0.341 e. The maximum absolute atomic E-state index is 11.8. The summed E-state index contributed by atoms with van der Waals surface area (Å²) >= 11 is 1.95. The van der Waals surface area contributed by atoms with Crippen molar-refractivity contribution in [2.24, 2.45) is 7.05 Å². The van der Waals surface area contributed by atoms with Gasteiger partial charge in [-0.1, -0.05) is 6.92 Å². The van der Waals surface area contributed by atoms with Crippen LogP contribution in [0.1, 0.15) is 43.2 Å². The molecule has 0 spiro atoms. The molecule has 0 aliphatic carbocycles. The normalized spacial score (nSPS) is 12.4. The van der Waals surface area contributed by atoms with Crippen LogP contribution in [0.25, 0.3) is 0 Å². The van der Waals surface area contributed by atoms with Crippen LogP contribution in [0, 0.1) is 0 Å². The van der Waals surface area contributed by atoms with Crippen molar-refractivity contribution in [2.45, 2.75) is 39.8 Å². The molecule has 114 valence electrons. The lowest BCUT2D eigenvalue weighted by atomic mass is 10.2. The fourth-order valence-electron chi connectivity index (χ4n) is 1.83. The van der Waals surface area contributed by atoms with Gasteiger partial charge in [0.15, 0.2) is 0 Å². The number of hydrogen-bond acceptors (Lipinski definition) is 5. The van der Waals surface area contributed by atoms with Crippen molar-refractivity contribution in [1.82, 2.24) is 15.1 Å². The van der Waals surface area contributed by atoms with Gasteiger partial charge in [0, 0.05) is 19.6 Å². The molecule has 1 atom stereocenters. The molecular formula is C14H25N3O2S. The second-order valence-corrected chi connectivity index (χ2v) is 6.01. The van der Waals surface area contributed by atoms with Gasteiger partial charge in [0.1, 0.15) is 5.56 Å². The molecule has 0 amide bonds. The summed E-state index contributed by atoms with van der Waals surface area (Å²) < 4.78 is 6.77. The summed E-state index contributed by atoms with van der Waals surface area (Å²) in [6.07, 6.45) is 2.69. The van der Waals surface area contributed by atoms with Gasteiger partial charge < -0.3 is 10.1 Å². The fourth-order valence-corrected chi connectivity index (χ4v) is 2.64. The van der Waals surface area contributed by atoms with Gasteiger partial charge in [-0.05, 0) is 31.8 Å². The van der Waals surface area contributed by atoms with Gasteiger partial charge in [-0.25, -0.2) is 4.79 Å². The van der Waals surface area contributed by atoms with Crippen molar-refractivity contribution in [3.05, 3.63) is 17.5 Å². The summed E-state index contributed by atoms with van der Waals surface area (Å²) in [4.78, 5) is 11.8. The molecule has 0 aromatic carbocycles. The van der Waals surface area contributed by atoms with Crippen LogP contribution in [0.3, 0.4) is 0 Å². The first kappa shape index (κ1) is 17.0. The molecule has 1 aromatic heterocycles. The van der Waals surface area contributed by atoms with Gasteiger partial charge in [-0.15, -0.1) is 0 Å². The van der Waals surface area contributed by atoms with Crippen molar-refractivity contribution in [3.63, 3.8) is 0 Å². The molecule has 1 heterocycles. The largest absolute Gasteiger partial charge is 0.462 e. The molecular weight excluding hydrogens is 274 g/mol. The first-order valence-electron chi connectivity index (χ1n) is 7.09. The molecule has 0 aliphatic rings. The molecule has 0 aliphatic heterocycles. The first-order chi connectivity index (χ1) is 9.60. The van der Waals surface area contributed by atoms with Gasteiger partial charge in [0.25, 0.3) is 0 Å². The highest BCUT2D eigenvalue weighted by molar-refractivity contribution is 7.99. The van der Waals surface area contributed by atoms with Crippen LogP contribution in [0.15, 0.2) is 6.20 Å². The molecule has 5 nitrogen and oxygen atoms in total. The van der Waals surface area contributed by atoms with E-state index >= 15 is 0 Å². The Balaban J connectivity index is 2.54. The van der Waals surface area contributed by atoms with Crippen LogP contribution in [0.2, 0.25) is 0 Å². The second-order valence-electron chi connectivity index (χ2n) is 4.62. The molecule has 6 heteroatoms. The number of hydrogen-bond donors (Lipinski definition) is 1. The number of rotatable bonds is 9.